The maximum absolute atomic E-state index is 13.4. The number of alkyl halides is 3. The minimum atomic E-state index is -4.19. The van der Waals surface area contributed by atoms with Crippen LogP contribution in [-0.4, -0.2) is 27.4 Å². The summed E-state index contributed by atoms with van der Waals surface area (Å²) in [6.45, 7) is 0. The maximum atomic E-state index is 13.4. The molecular weight excluding hydrogens is 342 g/mol. The molecule has 0 aliphatic carbocycles. The van der Waals surface area contributed by atoms with E-state index in [9.17, 15) is 13.2 Å². The minimum absolute atomic E-state index is 0.134. The third kappa shape index (κ3) is 3.09. The SMILES string of the molecule is FC(F)(F)C1CCc2ccccc2N1[Se]c1ccccc1. The van der Waals surface area contributed by atoms with Crippen LogP contribution in [0.4, 0.5) is 18.9 Å². The van der Waals surface area contributed by atoms with Crippen LogP contribution in [0.2, 0.25) is 0 Å². The molecule has 0 amide bonds. The van der Waals surface area contributed by atoms with Crippen LogP contribution >= 0.6 is 0 Å². The van der Waals surface area contributed by atoms with Crippen molar-refractivity contribution in [2.24, 2.45) is 0 Å². The predicted octanol–water partition coefficient (Wildman–Crippen LogP) is 3.31. The Morgan fingerprint density at radius 1 is 0.952 bits per heavy atom. The summed E-state index contributed by atoms with van der Waals surface area (Å²) < 4.78 is 42.6. The molecule has 21 heavy (non-hydrogen) atoms. The van der Waals surface area contributed by atoms with Gasteiger partial charge in [-0.2, -0.15) is 0 Å². The summed E-state index contributed by atoms with van der Waals surface area (Å²) in [6.07, 6.45) is -3.57. The van der Waals surface area contributed by atoms with Crippen LogP contribution in [0.15, 0.2) is 54.6 Å². The fourth-order valence-corrected chi connectivity index (χ4v) is 4.90. The molecule has 5 heteroatoms. The Morgan fingerprint density at radius 2 is 1.62 bits per heavy atom. The fraction of sp³-hybridized carbons (Fsp3) is 0.250. The number of benzene rings is 2. The standard InChI is InChI=1S/C16H14F3NSe/c17-16(18,19)15-11-10-12-6-4-5-9-14(12)20(15)21-13-7-2-1-3-8-13/h1-9,15H,10-11H2. The molecule has 0 radical (unpaired) electrons. The number of aryl methyl sites for hydroxylation is 1. The average molecular weight is 356 g/mol. The molecule has 1 nitrogen and oxygen atoms in total. The summed E-state index contributed by atoms with van der Waals surface area (Å²) in [5.74, 6) is 0. The topological polar surface area (TPSA) is 3.24 Å². The van der Waals surface area contributed by atoms with E-state index in [2.05, 4.69) is 0 Å². The van der Waals surface area contributed by atoms with Gasteiger partial charge in [-0.25, -0.2) is 0 Å². The van der Waals surface area contributed by atoms with Crippen LogP contribution in [0.5, 0.6) is 0 Å². The van der Waals surface area contributed by atoms with Crippen LogP contribution in [0, 0.1) is 0 Å². The van der Waals surface area contributed by atoms with Gasteiger partial charge in [0.2, 0.25) is 0 Å². The van der Waals surface area contributed by atoms with E-state index < -0.39 is 12.2 Å². The first-order valence-corrected chi connectivity index (χ1v) is 8.35. The van der Waals surface area contributed by atoms with Crippen LogP contribution in [0.1, 0.15) is 12.0 Å². The van der Waals surface area contributed by atoms with Gasteiger partial charge in [0.05, 0.1) is 0 Å². The second-order valence-corrected chi connectivity index (χ2v) is 7.15. The van der Waals surface area contributed by atoms with Gasteiger partial charge >= 0.3 is 128 Å². The van der Waals surface area contributed by atoms with Crippen LogP contribution in [0.25, 0.3) is 0 Å². The molecule has 0 N–H and O–H groups in total. The van der Waals surface area contributed by atoms with Crippen molar-refractivity contribution < 1.29 is 13.2 Å². The molecule has 3 rings (SSSR count). The first kappa shape index (κ1) is 14.5. The van der Waals surface area contributed by atoms with Gasteiger partial charge in [0.15, 0.2) is 0 Å². The molecule has 1 aliphatic rings. The normalized spacial score (nSPS) is 18.4. The van der Waals surface area contributed by atoms with Gasteiger partial charge in [-0.15, -0.1) is 0 Å². The van der Waals surface area contributed by atoms with Crippen molar-refractivity contribution in [3.63, 3.8) is 0 Å². The number of nitrogens with zero attached hydrogens (tertiary/aromatic N) is 1. The first-order chi connectivity index (χ1) is 10.1. The van der Waals surface area contributed by atoms with Gasteiger partial charge in [-0.1, -0.05) is 0 Å². The zero-order valence-electron chi connectivity index (χ0n) is 11.2. The second kappa shape index (κ2) is 5.74. The number of rotatable bonds is 2. The second-order valence-electron chi connectivity index (χ2n) is 4.95. The van der Waals surface area contributed by atoms with Crippen molar-refractivity contribution in [1.29, 1.82) is 0 Å². The van der Waals surface area contributed by atoms with Crippen molar-refractivity contribution in [3.05, 3.63) is 60.2 Å². The number of para-hydroxylation sites is 1. The Morgan fingerprint density at radius 3 is 2.33 bits per heavy atom. The number of halogens is 3. The van der Waals surface area contributed by atoms with Crippen LogP contribution < -0.4 is 8.38 Å². The van der Waals surface area contributed by atoms with E-state index in [1.54, 1.807) is 9.98 Å². The number of anilines is 1. The molecule has 1 atom stereocenters. The Bertz CT molecular complexity index is 612. The average Bonchev–Trinajstić information content (AvgIpc) is 2.47. The molecule has 110 valence electrons. The van der Waals surface area contributed by atoms with Crippen molar-refractivity contribution in [2.75, 3.05) is 3.92 Å². The zero-order chi connectivity index (χ0) is 14.9. The molecular formula is C16H14F3NSe. The van der Waals surface area contributed by atoms with Crippen LogP contribution in [-0.2, 0) is 6.42 Å². The van der Waals surface area contributed by atoms with E-state index in [-0.39, 0.29) is 21.6 Å². The van der Waals surface area contributed by atoms with Gasteiger partial charge < -0.3 is 0 Å². The summed E-state index contributed by atoms with van der Waals surface area (Å²) in [6, 6.07) is 15.5. The Labute approximate surface area is 128 Å². The van der Waals surface area contributed by atoms with Gasteiger partial charge in [0.25, 0.3) is 0 Å². The summed E-state index contributed by atoms with van der Waals surface area (Å²) in [4.78, 5) is 0. The van der Waals surface area contributed by atoms with Crippen LogP contribution in [0.3, 0.4) is 0 Å². The summed E-state index contributed by atoms with van der Waals surface area (Å²) in [5, 5.41) is 0. The van der Waals surface area contributed by atoms with Gasteiger partial charge in [-0.05, 0) is 0 Å². The zero-order valence-corrected chi connectivity index (χ0v) is 12.9. The molecule has 1 unspecified atom stereocenters. The summed E-state index contributed by atoms with van der Waals surface area (Å²) in [7, 11) is 0. The molecule has 1 aliphatic heterocycles. The number of hydrogen-bond donors (Lipinski definition) is 0. The molecule has 0 spiro atoms. The fourth-order valence-electron chi connectivity index (χ4n) is 2.52. The van der Waals surface area contributed by atoms with E-state index in [0.29, 0.717) is 6.42 Å². The number of fused-ring (bicyclic) bond motifs is 1. The van der Waals surface area contributed by atoms with E-state index in [0.717, 1.165) is 15.7 Å². The third-order valence-electron chi connectivity index (χ3n) is 3.52. The molecule has 0 fully saturated rings. The molecule has 0 bridgehead atoms. The van der Waals surface area contributed by atoms with Gasteiger partial charge in [0.1, 0.15) is 0 Å². The number of hydrogen-bond acceptors (Lipinski definition) is 1. The van der Waals surface area contributed by atoms with E-state index in [1.807, 2.05) is 48.5 Å². The Balaban J connectivity index is 1.98. The van der Waals surface area contributed by atoms with Crippen molar-refractivity contribution in [1.82, 2.24) is 0 Å². The Hall–Kier alpha value is -1.45. The first-order valence-electron chi connectivity index (χ1n) is 6.72. The van der Waals surface area contributed by atoms with Crippen molar-refractivity contribution in [2.45, 2.75) is 25.1 Å². The van der Waals surface area contributed by atoms with E-state index in [1.165, 1.54) is 0 Å². The third-order valence-corrected chi connectivity index (χ3v) is 5.90. The summed E-state index contributed by atoms with van der Waals surface area (Å²) >= 11 is -0.377. The van der Waals surface area contributed by atoms with E-state index in [4.69, 9.17) is 0 Å². The molecule has 1 heterocycles. The predicted molar refractivity (Wildman–Crippen MR) is 78.9 cm³/mol. The molecule has 0 saturated carbocycles. The van der Waals surface area contributed by atoms with Gasteiger partial charge in [0, 0.05) is 0 Å². The summed E-state index contributed by atoms with van der Waals surface area (Å²) in [5.41, 5.74) is 1.74. The molecule has 2 aromatic rings. The molecule has 0 saturated heterocycles. The van der Waals surface area contributed by atoms with Crippen molar-refractivity contribution >= 4 is 25.3 Å². The van der Waals surface area contributed by atoms with Crippen molar-refractivity contribution in [3.8, 4) is 0 Å². The van der Waals surface area contributed by atoms with Gasteiger partial charge in [-0.3, -0.25) is 0 Å². The monoisotopic (exact) mass is 357 g/mol. The molecule has 0 aromatic heterocycles. The molecule has 2 aromatic carbocycles. The van der Waals surface area contributed by atoms with E-state index >= 15 is 0 Å². The quantitative estimate of drug-likeness (QED) is 0.747. The Kier molecular flexibility index (Phi) is 3.96.